The summed E-state index contributed by atoms with van der Waals surface area (Å²) in [5, 5.41) is 1.67. The Morgan fingerprint density at radius 3 is 2.43 bits per heavy atom. The Hall–Kier alpha value is -2.32. The summed E-state index contributed by atoms with van der Waals surface area (Å²) in [5.74, 6) is -0.134. The maximum Gasteiger partial charge on any atom is 0.355 e. The van der Waals surface area contributed by atoms with Gasteiger partial charge in [-0.1, -0.05) is 0 Å². The number of anilines is 1. The van der Waals surface area contributed by atoms with Crippen LogP contribution in [0.1, 0.15) is 5.56 Å². The van der Waals surface area contributed by atoms with Crippen molar-refractivity contribution in [2.45, 2.75) is 4.21 Å². The molecule has 0 unspecified atom stereocenters. The molecule has 1 aliphatic heterocycles. The summed E-state index contributed by atoms with van der Waals surface area (Å²) < 4.78 is 36.8. The zero-order valence-corrected chi connectivity index (χ0v) is 14.0. The molecule has 2 heterocycles. The van der Waals surface area contributed by atoms with Crippen molar-refractivity contribution in [1.82, 2.24) is 0 Å². The number of hydrogen-bond donors (Lipinski definition) is 0. The smallest absolute Gasteiger partial charge is 0.355 e. The highest BCUT2D eigenvalue weighted by Gasteiger charge is 2.38. The first-order chi connectivity index (χ1) is 11.0. The molecule has 3 rings (SSSR count). The third-order valence-electron chi connectivity index (χ3n) is 3.35. The Balaban J connectivity index is 2.20. The van der Waals surface area contributed by atoms with Gasteiger partial charge in [0.05, 0.1) is 19.9 Å². The molecule has 0 N–H and O–H groups in total. The molecule has 6 nitrogen and oxygen atoms in total. The van der Waals surface area contributed by atoms with Crippen LogP contribution < -0.4 is 9.04 Å². The lowest BCUT2D eigenvalue weighted by atomic mass is 10.2. The summed E-state index contributed by atoms with van der Waals surface area (Å²) in [7, 11) is -1.14. The topological polar surface area (TPSA) is 72.9 Å². The molecule has 0 fully saturated rings. The van der Waals surface area contributed by atoms with E-state index in [1.807, 2.05) is 0 Å². The van der Waals surface area contributed by atoms with Crippen molar-refractivity contribution in [3.05, 3.63) is 47.0 Å². The standard InChI is InChI=1S/C15H13NO5S2/c1-20-12-5-3-11(4-6-12)16-13(14(17)21-2)9-10-7-8-22-15(10)23(16,18)19/h3-9H,1-2H3. The fraction of sp³-hybridized carbons (Fsp3) is 0.133. The van der Waals surface area contributed by atoms with Crippen LogP contribution in [0.2, 0.25) is 0 Å². The van der Waals surface area contributed by atoms with Crippen LogP contribution in [0.3, 0.4) is 0 Å². The quantitative estimate of drug-likeness (QED) is 0.795. The first-order valence-electron chi connectivity index (χ1n) is 6.56. The Labute approximate surface area is 137 Å². The van der Waals surface area contributed by atoms with Crippen LogP contribution >= 0.6 is 11.3 Å². The predicted molar refractivity (Wildman–Crippen MR) is 87.0 cm³/mol. The van der Waals surface area contributed by atoms with Crippen LogP contribution in [0.4, 0.5) is 5.69 Å². The summed E-state index contributed by atoms with van der Waals surface area (Å²) in [5.41, 5.74) is 0.769. The highest BCUT2D eigenvalue weighted by Crippen LogP contribution is 2.38. The van der Waals surface area contributed by atoms with Gasteiger partial charge >= 0.3 is 5.97 Å². The number of methoxy groups -OCH3 is 2. The number of benzene rings is 1. The molecule has 2 aromatic rings. The monoisotopic (exact) mass is 351 g/mol. The maximum absolute atomic E-state index is 12.9. The lowest BCUT2D eigenvalue weighted by molar-refractivity contribution is -0.136. The average molecular weight is 351 g/mol. The van der Waals surface area contributed by atoms with E-state index in [1.54, 1.807) is 35.7 Å². The Morgan fingerprint density at radius 2 is 1.83 bits per heavy atom. The zero-order valence-electron chi connectivity index (χ0n) is 12.3. The van der Waals surface area contributed by atoms with Gasteiger partial charge in [-0.25, -0.2) is 9.10 Å². The van der Waals surface area contributed by atoms with Crippen molar-refractivity contribution in [3.63, 3.8) is 0 Å². The Bertz CT molecular complexity index is 881. The Kier molecular flexibility index (Phi) is 3.87. The highest BCUT2D eigenvalue weighted by molar-refractivity contribution is 7.95. The van der Waals surface area contributed by atoms with Crippen molar-refractivity contribution < 1.29 is 22.7 Å². The van der Waals surface area contributed by atoms with Crippen LogP contribution in [0.15, 0.2) is 45.6 Å². The molecule has 0 amide bonds. The SMILES string of the molecule is COC(=O)C1=Cc2ccsc2S(=O)(=O)N1c1ccc(OC)cc1. The molecule has 0 atom stereocenters. The molecule has 1 aromatic carbocycles. The minimum atomic E-state index is -3.87. The van der Waals surface area contributed by atoms with Crippen molar-refractivity contribution in [2.75, 3.05) is 18.5 Å². The fourth-order valence-corrected chi connectivity index (χ4v) is 5.14. The molecule has 0 saturated heterocycles. The van der Waals surface area contributed by atoms with Gasteiger partial charge < -0.3 is 9.47 Å². The zero-order chi connectivity index (χ0) is 16.6. The average Bonchev–Trinajstić information content (AvgIpc) is 3.03. The molecule has 1 aliphatic rings. The van der Waals surface area contributed by atoms with Crippen molar-refractivity contribution in [3.8, 4) is 5.75 Å². The number of nitrogens with zero attached hydrogens (tertiary/aromatic N) is 1. The number of ether oxygens (including phenoxy) is 2. The molecule has 0 saturated carbocycles. The number of rotatable bonds is 3. The van der Waals surface area contributed by atoms with Gasteiger partial charge in [-0.2, -0.15) is 8.42 Å². The van der Waals surface area contributed by atoms with Gasteiger partial charge in [-0.05, 0) is 41.8 Å². The van der Waals surface area contributed by atoms with Gasteiger partial charge in [0, 0.05) is 5.56 Å². The number of thiophene rings is 1. The predicted octanol–water partition coefficient (Wildman–Crippen LogP) is 2.48. The second kappa shape index (κ2) is 5.71. The fourth-order valence-electron chi connectivity index (χ4n) is 2.28. The first-order valence-corrected chi connectivity index (χ1v) is 8.88. The molecular weight excluding hydrogens is 338 g/mol. The van der Waals surface area contributed by atoms with E-state index in [4.69, 9.17) is 9.47 Å². The van der Waals surface area contributed by atoms with Gasteiger partial charge in [0.1, 0.15) is 15.7 Å². The summed E-state index contributed by atoms with van der Waals surface area (Å²) in [4.78, 5) is 12.1. The van der Waals surface area contributed by atoms with Crippen LogP contribution in [0.5, 0.6) is 5.75 Å². The third-order valence-corrected chi connectivity index (χ3v) is 6.58. The number of fused-ring (bicyclic) bond motifs is 1. The van der Waals surface area contributed by atoms with Crippen LogP contribution in [-0.4, -0.2) is 28.6 Å². The summed E-state index contributed by atoms with van der Waals surface area (Å²) >= 11 is 1.11. The van der Waals surface area contributed by atoms with Crippen LogP contribution in [0, 0.1) is 0 Å². The lowest BCUT2D eigenvalue weighted by Gasteiger charge is -2.28. The van der Waals surface area contributed by atoms with E-state index in [2.05, 4.69) is 0 Å². The largest absolute Gasteiger partial charge is 0.497 e. The van der Waals surface area contributed by atoms with Crippen molar-refractivity contribution in [1.29, 1.82) is 0 Å². The second-order valence-electron chi connectivity index (χ2n) is 4.65. The van der Waals surface area contributed by atoms with Crippen LogP contribution in [-0.2, 0) is 19.6 Å². The van der Waals surface area contributed by atoms with E-state index in [0.717, 1.165) is 15.6 Å². The third kappa shape index (κ3) is 2.49. The molecule has 0 radical (unpaired) electrons. The van der Waals surface area contributed by atoms with E-state index in [1.165, 1.54) is 20.3 Å². The highest BCUT2D eigenvalue weighted by atomic mass is 32.2. The number of carbonyl (C=O) groups is 1. The normalized spacial score (nSPS) is 15.6. The van der Waals surface area contributed by atoms with Gasteiger partial charge in [-0.3, -0.25) is 0 Å². The molecule has 0 aliphatic carbocycles. The lowest BCUT2D eigenvalue weighted by Crippen LogP contribution is -2.36. The summed E-state index contributed by atoms with van der Waals surface area (Å²) in [6.45, 7) is 0. The van der Waals surface area contributed by atoms with Crippen molar-refractivity contribution in [2.24, 2.45) is 0 Å². The van der Waals surface area contributed by atoms with Crippen molar-refractivity contribution >= 4 is 39.1 Å². The molecule has 0 bridgehead atoms. The van der Waals surface area contributed by atoms with Gasteiger partial charge in [0.2, 0.25) is 0 Å². The minimum absolute atomic E-state index is 0.0523. The number of hydrogen-bond acceptors (Lipinski definition) is 6. The molecule has 0 spiro atoms. The summed E-state index contributed by atoms with van der Waals surface area (Å²) in [6.07, 6.45) is 1.52. The van der Waals surface area contributed by atoms with Gasteiger partial charge in [0.15, 0.2) is 0 Å². The summed E-state index contributed by atoms with van der Waals surface area (Å²) in [6, 6.07) is 8.07. The molecule has 8 heteroatoms. The molecular formula is C15H13NO5S2. The maximum atomic E-state index is 12.9. The number of carbonyl (C=O) groups excluding carboxylic acids is 1. The molecule has 23 heavy (non-hydrogen) atoms. The second-order valence-corrected chi connectivity index (χ2v) is 7.55. The van der Waals surface area contributed by atoms with E-state index in [9.17, 15) is 13.2 Å². The Morgan fingerprint density at radius 1 is 1.13 bits per heavy atom. The minimum Gasteiger partial charge on any atom is -0.497 e. The van der Waals surface area contributed by atoms with E-state index < -0.39 is 16.0 Å². The van der Waals surface area contributed by atoms with Gasteiger partial charge in [-0.15, -0.1) is 11.3 Å². The van der Waals surface area contributed by atoms with E-state index in [0.29, 0.717) is 17.0 Å². The molecule has 120 valence electrons. The van der Waals surface area contributed by atoms with Gasteiger partial charge in [0.25, 0.3) is 10.0 Å². The van der Waals surface area contributed by atoms with Crippen LogP contribution in [0.25, 0.3) is 6.08 Å². The van der Waals surface area contributed by atoms with E-state index >= 15 is 0 Å². The molecule has 1 aromatic heterocycles. The van der Waals surface area contributed by atoms with E-state index in [-0.39, 0.29) is 9.91 Å². The number of sulfonamides is 1. The first kappa shape index (κ1) is 15.6. The number of esters is 1.